The average Bonchev–Trinajstić information content (AvgIpc) is 2.72. The lowest BCUT2D eigenvalue weighted by atomic mass is 10.1. The van der Waals surface area contributed by atoms with Gasteiger partial charge in [-0.05, 0) is 57.9 Å². The van der Waals surface area contributed by atoms with E-state index in [1.807, 2.05) is 0 Å². The van der Waals surface area contributed by atoms with E-state index < -0.39 is 0 Å². The smallest absolute Gasteiger partial charge is 0.0234 e. The zero-order valence-electron chi connectivity index (χ0n) is 13.6. The molecule has 1 aliphatic rings. The Kier molecular flexibility index (Phi) is 7.20. The molecule has 2 N–H and O–H groups in total. The average molecular weight is 289 g/mol. The summed E-state index contributed by atoms with van der Waals surface area (Å²) in [6.07, 6.45) is 5.05. The van der Waals surface area contributed by atoms with Crippen LogP contribution in [-0.2, 0) is 6.54 Å². The van der Waals surface area contributed by atoms with Gasteiger partial charge in [0.25, 0.3) is 0 Å². The van der Waals surface area contributed by atoms with Gasteiger partial charge in [0, 0.05) is 19.6 Å². The van der Waals surface area contributed by atoms with Crippen LogP contribution in [0.15, 0.2) is 24.3 Å². The summed E-state index contributed by atoms with van der Waals surface area (Å²) in [6, 6.07) is 8.98. The van der Waals surface area contributed by atoms with Crippen molar-refractivity contribution in [2.75, 3.05) is 39.3 Å². The van der Waals surface area contributed by atoms with Gasteiger partial charge in [-0.1, -0.05) is 36.2 Å². The van der Waals surface area contributed by atoms with Gasteiger partial charge in [-0.2, -0.15) is 0 Å². The highest BCUT2D eigenvalue weighted by atomic mass is 15.2. The first-order valence-electron chi connectivity index (χ1n) is 8.48. The van der Waals surface area contributed by atoms with Crippen molar-refractivity contribution in [2.45, 2.75) is 39.2 Å². The SMILES string of the molecule is Cc1ccc(CN2CCCN(CCCCCN)CC2)cc1. The predicted molar refractivity (Wildman–Crippen MR) is 90.4 cm³/mol. The van der Waals surface area contributed by atoms with Gasteiger partial charge in [0.2, 0.25) is 0 Å². The fourth-order valence-corrected chi connectivity index (χ4v) is 3.01. The molecular formula is C18H31N3. The first kappa shape index (κ1) is 16.5. The molecule has 2 rings (SSSR count). The molecule has 0 unspecified atom stereocenters. The van der Waals surface area contributed by atoms with E-state index in [0.717, 1.165) is 13.1 Å². The van der Waals surface area contributed by atoms with Gasteiger partial charge in [-0.3, -0.25) is 4.90 Å². The van der Waals surface area contributed by atoms with E-state index in [9.17, 15) is 0 Å². The number of benzene rings is 1. The van der Waals surface area contributed by atoms with E-state index in [2.05, 4.69) is 41.0 Å². The Morgan fingerprint density at radius 3 is 2.38 bits per heavy atom. The minimum atomic E-state index is 0.838. The molecule has 1 aliphatic heterocycles. The second kappa shape index (κ2) is 9.19. The first-order valence-corrected chi connectivity index (χ1v) is 8.48. The van der Waals surface area contributed by atoms with E-state index in [0.29, 0.717) is 0 Å². The minimum Gasteiger partial charge on any atom is -0.330 e. The predicted octanol–water partition coefficient (Wildman–Crippen LogP) is 2.63. The summed E-state index contributed by atoms with van der Waals surface area (Å²) in [6.45, 7) is 10.2. The molecule has 0 amide bonds. The van der Waals surface area contributed by atoms with Crippen LogP contribution in [0, 0.1) is 6.92 Å². The molecule has 3 nitrogen and oxygen atoms in total. The summed E-state index contributed by atoms with van der Waals surface area (Å²) in [5.74, 6) is 0. The van der Waals surface area contributed by atoms with Crippen molar-refractivity contribution < 1.29 is 0 Å². The molecule has 0 bridgehead atoms. The molecule has 1 aromatic rings. The summed E-state index contributed by atoms with van der Waals surface area (Å²) < 4.78 is 0. The molecule has 1 fully saturated rings. The van der Waals surface area contributed by atoms with E-state index in [1.54, 1.807) is 0 Å². The third-order valence-corrected chi connectivity index (χ3v) is 4.39. The molecule has 118 valence electrons. The molecule has 21 heavy (non-hydrogen) atoms. The summed E-state index contributed by atoms with van der Waals surface area (Å²) in [7, 11) is 0. The number of hydrogen-bond donors (Lipinski definition) is 1. The molecule has 3 heteroatoms. The Labute approximate surface area is 130 Å². The highest BCUT2D eigenvalue weighted by Gasteiger charge is 2.14. The first-order chi connectivity index (χ1) is 10.3. The van der Waals surface area contributed by atoms with Crippen molar-refractivity contribution in [3.8, 4) is 0 Å². The van der Waals surface area contributed by atoms with Crippen molar-refractivity contribution in [3.05, 3.63) is 35.4 Å². The maximum Gasteiger partial charge on any atom is 0.0234 e. The Hall–Kier alpha value is -0.900. The second-order valence-corrected chi connectivity index (χ2v) is 6.31. The lowest BCUT2D eigenvalue weighted by molar-refractivity contribution is 0.248. The number of rotatable bonds is 7. The largest absolute Gasteiger partial charge is 0.330 e. The van der Waals surface area contributed by atoms with Gasteiger partial charge in [0.15, 0.2) is 0 Å². The summed E-state index contributed by atoms with van der Waals surface area (Å²) >= 11 is 0. The number of unbranched alkanes of at least 4 members (excludes halogenated alkanes) is 2. The number of aryl methyl sites for hydroxylation is 1. The van der Waals surface area contributed by atoms with Crippen LogP contribution in [0.5, 0.6) is 0 Å². The van der Waals surface area contributed by atoms with Crippen LogP contribution >= 0.6 is 0 Å². The molecular weight excluding hydrogens is 258 g/mol. The third kappa shape index (κ3) is 6.16. The lowest BCUT2D eigenvalue weighted by Gasteiger charge is -2.22. The third-order valence-electron chi connectivity index (χ3n) is 4.39. The van der Waals surface area contributed by atoms with Gasteiger partial charge in [-0.25, -0.2) is 0 Å². The molecule has 0 saturated carbocycles. The molecule has 1 aromatic carbocycles. The molecule has 0 radical (unpaired) electrons. The Morgan fingerprint density at radius 1 is 0.905 bits per heavy atom. The lowest BCUT2D eigenvalue weighted by Crippen LogP contribution is -2.31. The Morgan fingerprint density at radius 2 is 1.62 bits per heavy atom. The highest BCUT2D eigenvalue weighted by Crippen LogP contribution is 2.11. The van der Waals surface area contributed by atoms with Crippen molar-refractivity contribution in [1.82, 2.24) is 9.80 Å². The van der Waals surface area contributed by atoms with Crippen molar-refractivity contribution in [1.29, 1.82) is 0 Å². The van der Waals surface area contributed by atoms with E-state index in [-0.39, 0.29) is 0 Å². The zero-order valence-corrected chi connectivity index (χ0v) is 13.6. The molecule has 1 heterocycles. The molecule has 0 atom stereocenters. The Balaban J connectivity index is 1.71. The Bertz CT molecular complexity index is 388. The molecule has 0 aliphatic carbocycles. The van der Waals surface area contributed by atoms with Crippen LogP contribution in [0.1, 0.15) is 36.8 Å². The van der Waals surface area contributed by atoms with Crippen LogP contribution in [0.3, 0.4) is 0 Å². The van der Waals surface area contributed by atoms with E-state index in [1.165, 1.54) is 69.5 Å². The summed E-state index contributed by atoms with van der Waals surface area (Å²) in [5, 5.41) is 0. The topological polar surface area (TPSA) is 32.5 Å². The van der Waals surface area contributed by atoms with E-state index >= 15 is 0 Å². The zero-order chi connectivity index (χ0) is 14.9. The van der Waals surface area contributed by atoms with E-state index in [4.69, 9.17) is 5.73 Å². The standard InChI is InChI=1S/C18H31N3/c1-17-6-8-18(9-7-17)16-21-13-5-12-20(14-15-21)11-4-2-3-10-19/h6-9H,2-5,10-16,19H2,1H3. The minimum absolute atomic E-state index is 0.838. The normalized spacial score (nSPS) is 17.8. The monoisotopic (exact) mass is 289 g/mol. The van der Waals surface area contributed by atoms with Crippen LogP contribution in [-0.4, -0.2) is 49.1 Å². The van der Waals surface area contributed by atoms with Gasteiger partial charge in [-0.15, -0.1) is 0 Å². The summed E-state index contributed by atoms with van der Waals surface area (Å²) in [4.78, 5) is 5.23. The van der Waals surface area contributed by atoms with Crippen LogP contribution in [0.2, 0.25) is 0 Å². The van der Waals surface area contributed by atoms with Gasteiger partial charge in [0.1, 0.15) is 0 Å². The highest BCUT2D eigenvalue weighted by molar-refractivity contribution is 5.21. The quantitative estimate of drug-likeness (QED) is 0.783. The number of nitrogens with two attached hydrogens (primary N) is 1. The fraction of sp³-hybridized carbons (Fsp3) is 0.667. The molecule has 0 aromatic heterocycles. The van der Waals surface area contributed by atoms with Gasteiger partial charge >= 0.3 is 0 Å². The van der Waals surface area contributed by atoms with Gasteiger partial charge < -0.3 is 10.6 Å². The van der Waals surface area contributed by atoms with Crippen molar-refractivity contribution in [3.63, 3.8) is 0 Å². The molecule has 1 saturated heterocycles. The van der Waals surface area contributed by atoms with Crippen molar-refractivity contribution >= 4 is 0 Å². The number of nitrogens with zero attached hydrogens (tertiary/aromatic N) is 2. The maximum atomic E-state index is 5.55. The molecule has 0 spiro atoms. The van der Waals surface area contributed by atoms with Crippen LogP contribution in [0.25, 0.3) is 0 Å². The summed E-state index contributed by atoms with van der Waals surface area (Å²) in [5.41, 5.74) is 8.34. The second-order valence-electron chi connectivity index (χ2n) is 6.31. The van der Waals surface area contributed by atoms with Gasteiger partial charge in [0.05, 0.1) is 0 Å². The maximum absolute atomic E-state index is 5.55. The van der Waals surface area contributed by atoms with Crippen LogP contribution in [0.4, 0.5) is 0 Å². The number of hydrogen-bond acceptors (Lipinski definition) is 3. The van der Waals surface area contributed by atoms with Crippen LogP contribution < -0.4 is 5.73 Å². The van der Waals surface area contributed by atoms with Crippen molar-refractivity contribution in [2.24, 2.45) is 5.73 Å². The fourth-order valence-electron chi connectivity index (χ4n) is 3.01.